The van der Waals surface area contributed by atoms with E-state index in [1.807, 2.05) is 0 Å². The van der Waals surface area contributed by atoms with Gasteiger partial charge in [0.15, 0.2) is 0 Å². The first-order valence-electron chi connectivity index (χ1n) is 9.21. The van der Waals surface area contributed by atoms with E-state index in [0.29, 0.717) is 18.5 Å². The molecule has 3 N–H and O–H groups in total. The summed E-state index contributed by atoms with van der Waals surface area (Å²) in [5, 5.41) is 3.50. The third-order valence-corrected chi connectivity index (χ3v) is 7.21. The highest BCUT2D eigenvalue weighted by Crippen LogP contribution is 2.54. The molecule has 0 unspecified atom stereocenters. The van der Waals surface area contributed by atoms with Gasteiger partial charge in [-0.25, -0.2) is 0 Å². The number of rotatable bonds is 3. The highest BCUT2D eigenvalue weighted by Gasteiger charge is 2.50. The lowest BCUT2D eigenvalue weighted by Crippen LogP contribution is -2.59. The molecular formula is C18H30N2O. The van der Waals surface area contributed by atoms with Crippen molar-refractivity contribution in [3.63, 3.8) is 0 Å². The van der Waals surface area contributed by atoms with Crippen LogP contribution in [0.4, 0.5) is 0 Å². The maximum atomic E-state index is 13.0. The van der Waals surface area contributed by atoms with E-state index in [9.17, 15) is 4.79 Å². The molecule has 3 nitrogen and oxygen atoms in total. The summed E-state index contributed by atoms with van der Waals surface area (Å²) in [6.45, 7) is 0.534. The Morgan fingerprint density at radius 2 is 1.52 bits per heavy atom. The fourth-order valence-corrected chi connectivity index (χ4v) is 6.22. The first-order chi connectivity index (χ1) is 10.2. The highest BCUT2D eigenvalue weighted by atomic mass is 16.2. The molecule has 0 aromatic carbocycles. The molecule has 4 bridgehead atoms. The molecule has 5 fully saturated rings. The van der Waals surface area contributed by atoms with Crippen molar-refractivity contribution in [3.05, 3.63) is 0 Å². The summed E-state index contributed by atoms with van der Waals surface area (Å²) in [5.41, 5.74) is 5.79. The molecule has 0 heterocycles. The Labute approximate surface area is 128 Å². The molecule has 5 aliphatic rings. The van der Waals surface area contributed by atoms with Gasteiger partial charge in [0.1, 0.15) is 0 Å². The van der Waals surface area contributed by atoms with Crippen LogP contribution in [-0.4, -0.2) is 18.5 Å². The van der Waals surface area contributed by atoms with Gasteiger partial charge in [0.2, 0.25) is 5.91 Å². The molecule has 5 saturated carbocycles. The van der Waals surface area contributed by atoms with Gasteiger partial charge in [-0.2, -0.15) is 0 Å². The molecule has 0 saturated heterocycles. The monoisotopic (exact) mass is 290 g/mol. The van der Waals surface area contributed by atoms with E-state index in [2.05, 4.69) is 5.32 Å². The van der Waals surface area contributed by atoms with Crippen LogP contribution in [0.3, 0.4) is 0 Å². The minimum atomic E-state index is -0.243. The molecule has 0 spiro atoms. The van der Waals surface area contributed by atoms with Crippen molar-refractivity contribution >= 4 is 5.91 Å². The molecule has 1 amide bonds. The molecule has 3 heteroatoms. The third kappa shape index (κ3) is 2.32. The maximum absolute atomic E-state index is 13.0. The number of nitrogens with one attached hydrogen (secondary N) is 1. The number of hydrogen-bond acceptors (Lipinski definition) is 2. The smallest absolute Gasteiger partial charge is 0.227 e. The fraction of sp³-hybridized carbons (Fsp3) is 0.944. The lowest BCUT2D eigenvalue weighted by Gasteiger charge is -2.55. The van der Waals surface area contributed by atoms with Gasteiger partial charge >= 0.3 is 0 Å². The molecule has 0 aromatic heterocycles. The molecule has 5 aliphatic carbocycles. The average molecular weight is 290 g/mol. The summed E-state index contributed by atoms with van der Waals surface area (Å²) in [5.74, 6) is 3.77. The van der Waals surface area contributed by atoms with Gasteiger partial charge in [0, 0.05) is 12.6 Å². The zero-order chi connectivity index (χ0) is 14.4. The predicted octanol–water partition coefficient (Wildman–Crippen LogP) is 2.84. The van der Waals surface area contributed by atoms with Crippen molar-refractivity contribution in [2.45, 2.75) is 70.3 Å². The standard InChI is InChI=1S/C18H30N2O/c19-11-18(4-2-1-3-5-18)17(21)20-16-14-7-12-6-13(9-14)10-15(16)8-12/h12-16H,1-11,19H2,(H,20,21). The van der Waals surface area contributed by atoms with Gasteiger partial charge in [-0.05, 0) is 68.6 Å². The van der Waals surface area contributed by atoms with E-state index in [-0.39, 0.29) is 5.41 Å². The van der Waals surface area contributed by atoms with Gasteiger partial charge in [-0.15, -0.1) is 0 Å². The van der Waals surface area contributed by atoms with Crippen LogP contribution in [0.2, 0.25) is 0 Å². The number of hydrogen-bond donors (Lipinski definition) is 2. The Hall–Kier alpha value is -0.570. The van der Waals surface area contributed by atoms with E-state index in [1.54, 1.807) is 0 Å². The van der Waals surface area contributed by atoms with Crippen LogP contribution in [0.25, 0.3) is 0 Å². The predicted molar refractivity (Wildman–Crippen MR) is 83.5 cm³/mol. The van der Waals surface area contributed by atoms with Crippen LogP contribution in [0.15, 0.2) is 0 Å². The van der Waals surface area contributed by atoms with E-state index < -0.39 is 0 Å². The lowest BCUT2D eigenvalue weighted by molar-refractivity contribution is -0.136. The van der Waals surface area contributed by atoms with Gasteiger partial charge in [-0.1, -0.05) is 19.3 Å². The molecule has 5 rings (SSSR count). The number of carbonyl (C=O) groups is 1. The van der Waals surface area contributed by atoms with Crippen molar-refractivity contribution < 1.29 is 4.79 Å². The second-order valence-corrected chi connectivity index (χ2v) is 8.48. The Bertz CT molecular complexity index is 385. The van der Waals surface area contributed by atoms with Crippen molar-refractivity contribution in [3.8, 4) is 0 Å². The molecule has 0 atom stereocenters. The first kappa shape index (κ1) is 14.0. The van der Waals surface area contributed by atoms with Gasteiger partial charge in [-0.3, -0.25) is 4.79 Å². The molecule has 118 valence electrons. The van der Waals surface area contributed by atoms with E-state index in [0.717, 1.165) is 36.5 Å². The van der Waals surface area contributed by atoms with Crippen LogP contribution in [0, 0.1) is 29.1 Å². The quantitative estimate of drug-likeness (QED) is 0.840. The zero-order valence-electron chi connectivity index (χ0n) is 13.2. The van der Waals surface area contributed by atoms with Crippen LogP contribution in [0.1, 0.15) is 64.2 Å². The van der Waals surface area contributed by atoms with E-state index in [1.165, 1.54) is 51.4 Å². The summed E-state index contributed by atoms with van der Waals surface area (Å²) >= 11 is 0. The molecule has 0 aliphatic heterocycles. The summed E-state index contributed by atoms with van der Waals surface area (Å²) in [6.07, 6.45) is 12.6. The van der Waals surface area contributed by atoms with Crippen LogP contribution in [-0.2, 0) is 4.79 Å². The summed E-state index contributed by atoms with van der Waals surface area (Å²) in [4.78, 5) is 13.0. The normalized spacial score (nSPS) is 43.8. The number of carbonyl (C=O) groups excluding carboxylic acids is 1. The zero-order valence-corrected chi connectivity index (χ0v) is 13.2. The number of amides is 1. The Kier molecular flexibility index (Phi) is 3.52. The van der Waals surface area contributed by atoms with E-state index in [4.69, 9.17) is 5.73 Å². The Balaban J connectivity index is 1.46. The van der Waals surface area contributed by atoms with Crippen molar-refractivity contribution in [2.24, 2.45) is 34.8 Å². The second kappa shape index (κ2) is 5.26. The average Bonchev–Trinajstić information content (AvgIpc) is 2.50. The molecule has 0 aromatic rings. The maximum Gasteiger partial charge on any atom is 0.227 e. The summed E-state index contributed by atoms with van der Waals surface area (Å²) < 4.78 is 0. The van der Waals surface area contributed by atoms with Crippen molar-refractivity contribution in [1.29, 1.82) is 0 Å². The van der Waals surface area contributed by atoms with Crippen LogP contribution in [0.5, 0.6) is 0 Å². The molecule has 0 radical (unpaired) electrons. The Morgan fingerprint density at radius 3 is 2.05 bits per heavy atom. The molecule has 21 heavy (non-hydrogen) atoms. The van der Waals surface area contributed by atoms with Gasteiger partial charge in [0.25, 0.3) is 0 Å². The summed E-state index contributed by atoms with van der Waals surface area (Å²) in [7, 11) is 0. The van der Waals surface area contributed by atoms with Gasteiger partial charge < -0.3 is 11.1 Å². The van der Waals surface area contributed by atoms with Crippen LogP contribution >= 0.6 is 0 Å². The highest BCUT2D eigenvalue weighted by molar-refractivity contribution is 5.83. The molecular weight excluding hydrogens is 260 g/mol. The largest absolute Gasteiger partial charge is 0.352 e. The SMILES string of the molecule is NCC1(C(=O)NC2C3CC4CC(C3)CC2C4)CCCCC1. The van der Waals surface area contributed by atoms with E-state index >= 15 is 0 Å². The van der Waals surface area contributed by atoms with Crippen LogP contribution < -0.4 is 11.1 Å². The minimum Gasteiger partial charge on any atom is -0.352 e. The second-order valence-electron chi connectivity index (χ2n) is 8.48. The van der Waals surface area contributed by atoms with Crippen molar-refractivity contribution in [2.75, 3.05) is 6.54 Å². The van der Waals surface area contributed by atoms with Crippen molar-refractivity contribution in [1.82, 2.24) is 5.32 Å². The fourth-order valence-electron chi connectivity index (χ4n) is 6.22. The Morgan fingerprint density at radius 1 is 0.952 bits per heavy atom. The minimum absolute atomic E-state index is 0.243. The third-order valence-electron chi connectivity index (χ3n) is 7.21. The number of nitrogens with two attached hydrogens (primary N) is 1. The first-order valence-corrected chi connectivity index (χ1v) is 9.21. The lowest BCUT2D eigenvalue weighted by atomic mass is 9.54. The van der Waals surface area contributed by atoms with Gasteiger partial charge in [0.05, 0.1) is 5.41 Å². The topological polar surface area (TPSA) is 55.1 Å². The summed E-state index contributed by atoms with van der Waals surface area (Å²) in [6, 6.07) is 0.468.